The van der Waals surface area contributed by atoms with Crippen molar-refractivity contribution in [3.05, 3.63) is 24.3 Å². The number of thioether (sulfide) groups is 1. The molecule has 0 radical (unpaired) electrons. The highest BCUT2D eigenvalue weighted by molar-refractivity contribution is 8.00. The fraction of sp³-hybridized carbons (Fsp3) is 0.429. The predicted octanol–water partition coefficient (Wildman–Crippen LogP) is 2.58. The number of amides is 1. The molecule has 1 aliphatic heterocycles. The van der Waals surface area contributed by atoms with Crippen LogP contribution in [-0.4, -0.2) is 28.5 Å². The smallest absolute Gasteiger partial charge is 0.237 e. The molecule has 1 fully saturated rings. The van der Waals surface area contributed by atoms with E-state index < -0.39 is 0 Å². The third-order valence-electron chi connectivity index (χ3n) is 2.95. The number of nitrogens with one attached hydrogen (secondary N) is 1. The molecule has 1 atom stereocenters. The van der Waals surface area contributed by atoms with Gasteiger partial charge in [0.25, 0.3) is 0 Å². The van der Waals surface area contributed by atoms with E-state index in [0.29, 0.717) is 10.7 Å². The van der Waals surface area contributed by atoms with E-state index in [9.17, 15) is 4.79 Å². The number of hydrogen-bond donors (Lipinski definition) is 2. The van der Waals surface area contributed by atoms with Gasteiger partial charge in [0.1, 0.15) is 17.3 Å². The number of ether oxygens (including phenoxy) is 1. The summed E-state index contributed by atoms with van der Waals surface area (Å²) in [6.45, 7) is 0.200. The molecule has 0 aromatic heterocycles. The maximum atomic E-state index is 12.1. The molecule has 0 bridgehead atoms. The van der Waals surface area contributed by atoms with Crippen molar-refractivity contribution in [1.29, 1.82) is 0 Å². The van der Waals surface area contributed by atoms with Crippen molar-refractivity contribution < 1.29 is 9.53 Å². The van der Waals surface area contributed by atoms with Gasteiger partial charge in [-0.15, -0.1) is 11.8 Å². The van der Waals surface area contributed by atoms with Crippen molar-refractivity contribution in [2.75, 3.05) is 17.7 Å². The average Bonchev–Trinajstić information content (AvgIpc) is 2.46. The highest BCUT2D eigenvalue weighted by atomic mass is 32.2. The molecule has 108 valence electrons. The third kappa shape index (κ3) is 4.68. The Labute approximate surface area is 128 Å². The highest BCUT2D eigenvalue weighted by Gasteiger charge is 2.21. The molecule has 1 heterocycles. The molecule has 1 aromatic rings. The summed E-state index contributed by atoms with van der Waals surface area (Å²) < 4.78 is 5.41. The molecule has 0 spiro atoms. The molecule has 6 heteroatoms. The van der Waals surface area contributed by atoms with E-state index in [1.807, 2.05) is 18.2 Å². The lowest BCUT2D eigenvalue weighted by Gasteiger charge is -2.20. The van der Waals surface area contributed by atoms with Crippen molar-refractivity contribution in [2.45, 2.75) is 24.5 Å². The normalized spacial score (nSPS) is 18.3. The Morgan fingerprint density at radius 3 is 3.05 bits per heavy atom. The van der Waals surface area contributed by atoms with Gasteiger partial charge < -0.3 is 15.8 Å². The van der Waals surface area contributed by atoms with Crippen LogP contribution in [0.1, 0.15) is 19.3 Å². The van der Waals surface area contributed by atoms with Crippen molar-refractivity contribution in [1.82, 2.24) is 0 Å². The molecule has 3 N–H and O–H groups in total. The first kappa shape index (κ1) is 15.1. The highest BCUT2D eigenvalue weighted by Crippen LogP contribution is 2.26. The van der Waals surface area contributed by atoms with E-state index >= 15 is 0 Å². The van der Waals surface area contributed by atoms with E-state index in [2.05, 4.69) is 5.32 Å². The molecule has 1 aliphatic rings. The van der Waals surface area contributed by atoms with Gasteiger partial charge in [-0.05, 0) is 30.7 Å². The first-order valence-electron chi connectivity index (χ1n) is 6.59. The molecule has 0 saturated carbocycles. The number of anilines is 1. The van der Waals surface area contributed by atoms with Crippen molar-refractivity contribution in [2.24, 2.45) is 5.73 Å². The van der Waals surface area contributed by atoms with Gasteiger partial charge in [0, 0.05) is 11.8 Å². The second kappa shape index (κ2) is 7.50. The summed E-state index contributed by atoms with van der Waals surface area (Å²) in [6, 6.07) is 7.27. The Bertz CT molecular complexity index is 488. The first-order chi connectivity index (χ1) is 9.65. The second-order valence-electron chi connectivity index (χ2n) is 4.63. The second-order valence-corrected chi connectivity index (χ2v) is 6.46. The van der Waals surface area contributed by atoms with Crippen LogP contribution in [0.25, 0.3) is 0 Å². The van der Waals surface area contributed by atoms with Crippen molar-refractivity contribution in [3.8, 4) is 5.75 Å². The monoisotopic (exact) mass is 310 g/mol. The van der Waals surface area contributed by atoms with Gasteiger partial charge in [-0.3, -0.25) is 4.79 Å². The Balaban J connectivity index is 1.93. The summed E-state index contributed by atoms with van der Waals surface area (Å²) in [5.41, 5.74) is 6.13. The number of thiocarbonyl (C=S) groups is 1. The van der Waals surface area contributed by atoms with Crippen LogP contribution in [0.2, 0.25) is 0 Å². The molecule has 1 saturated heterocycles. The minimum Gasteiger partial charge on any atom is -0.486 e. The minimum absolute atomic E-state index is 0.0601. The molecule has 4 nitrogen and oxygen atoms in total. The molecule has 1 amide bonds. The summed E-state index contributed by atoms with van der Waals surface area (Å²) in [4.78, 5) is 12.4. The predicted molar refractivity (Wildman–Crippen MR) is 87.4 cm³/mol. The van der Waals surface area contributed by atoms with E-state index in [1.54, 1.807) is 17.8 Å². The fourth-order valence-corrected chi connectivity index (χ4v) is 3.25. The zero-order valence-corrected chi connectivity index (χ0v) is 12.8. The maximum Gasteiger partial charge on any atom is 0.237 e. The molecule has 0 aliphatic carbocycles. The average molecular weight is 310 g/mol. The van der Waals surface area contributed by atoms with Gasteiger partial charge in [-0.25, -0.2) is 0 Å². The molecular formula is C14H18N2O2S2. The number of benzene rings is 1. The molecular weight excluding hydrogens is 292 g/mol. The molecule has 2 rings (SSSR count). The Morgan fingerprint density at radius 2 is 2.35 bits per heavy atom. The van der Waals surface area contributed by atoms with Crippen LogP contribution < -0.4 is 15.8 Å². The van der Waals surface area contributed by atoms with Crippen LogP contribution in [-0.2, 0) is 4.79 Å². The zero-order chi connectivity index (χ0) is 14.4. The minimum atomic E-state index is 0.0601. The van der Waals surface area contributed by atoms with Crippen molar-refractivity contribution >= 4 is 40.6 Å². The first-order valence-corrected chi connectivity index (χ1v) is 8.04. The fourth-order valence-electron chi connectivity index (χ4n) is 1.99. The summed E-state index contributed by atoms with van der Waals surface area (Å²) >= 11 is 6.50. The SMILES string of the molecule is NC(=S)COc1cccc(NC(=O)C2CCCCS2)c1. The van der Waals surface area contributed by atoms with Gasteiger partial charge in [0.05, 0.1) is 5.25 Å². The number of carbonyl (C=O) groups is 1. The Morgan fingerprint density at radius 1 is 1.50 bits per heavy atom. The largest absolute Gasteiger partial charge is 0.486 e. The summed E-state index contributed by atoms with van der Waals surface area (Å²) in [6.07, 6.45) is 3.28. The topological polar surface area (TPSA) is 64.3 Å². The lowest BCUT2D eigenvalue weighted by atomic mass is 10.2. The van der Waals surface area contributed by atoms with Gasteiger partial charge >= 0.3 is 0 Å². The zero-order valence-electron chi connectivity index (χ0n) is 11.1. The lowest BCUT2D eigenvalue weighted by Crippen LogP contribution is -2.27. The van der Waals surface area contributed by atoms with E-state index in [1.165, 1.54) is 6.42 Å². The molecule has 20 heavy (non-hydrogen) atoms. The van der Waals surface area contributed by atoms with Gasteiger partial charge in [-0.1, -0.05) is 24.7 Å². The van der Waals surface area contributed by atoms with E-state index in [-0.39, 0.29) is 17.8 Å². The van der Waals surface area contributed by atoms with Gasteiger partial charge in [0.15, 0.2) is 0 Å². The summed E-state index contributed by atoms with van der Waals surface area (Å²) in [7, 11) is 0. The van der Waals surface area contributed by atoms with Crippen molar-refractivity contribution in [3.63, 3.8) is 0 Å². The standard InChI is InChI=1S/C14H18N2O2S2/c15-13(19)9-18-11-5-3-4-10(8-11)16-14(17)12-6-1-2-7-20-12/h3-5,8,12H,1-2,6-7,9H2,(H2,15,19)(H,16,17). The number of nitrogens with two attached hydrogens (primary N) is 1. The number of rotatable bonds is 5. The van der Waals surface area contributed by atoms with Crippen LogP contribution in [0.3, 0.4) is 0 Å². The van der Waals surface area contributed by atoms with Crippen LogP contribution in [0.5, 0.6) is 5.75 Å². The Hall–Kier alpha value is -1.27. The molecule has 1 unspecified atom stereocenters. The number of hydrogen-bond acceptors (Lipinski definition) is 4. The van der Waals surface area contributed by atoms with Crippen LogP contribution in [0.4, 0.5) is 5.69 Å². The Kier molecular flexibility index (Phi) is 5.67. The van der Waals surface area contributed by atoms with Crippen LogP contribution in [0.15, 0.2) is 24.3 Å². The van der Waals surface area contributed by atoms with Gasteiger partial charge in [-0.2, -0.15) is 0 Å². The van der Waals surface area contributed by atoms with E-state index in [4.69, 9.17) is 22.7 Å². The van der Waals surface area contributed by atoms with Crippen LogP contribution in [0, 0.1) is 0 Å². The summed E-state index contributed by atoms with van der Waals surface area (Å²) in [5.74, 6) is 1.78. The summed E-state index contributed by atoms with van der Waals surface area (Å²) in [5, 5.41) is 3.00. The maximum absolute atomic E-state index is 12.1. The quantitative estimate of drug-likeness (QED) is 0.818. The lowest BCUT2D eigenvalue weighted by molar-refractivity contribution is -0.115. The van der Waals surface area contributed by atoms with Crippen LogP contribution >= 0.6 is 24.0 Å². The van der Waals surface area contributed by atoms with E-state index in [0.717, 1.165) is 24.3 Å². The number of carbonyl (C=O) groups excluding carboxylic acids is 1. The third-order valence-corrected chi connectivity index (χ3v) is 4.45. The molecule has 1 aromatic carbocycles. The van der Waals surface area contributed by atoms with Gasteiger partial charge in [0.2, 0.25) is 5.91 Å².